The zero-order valence-corrected chi connectivity index (χ0v) is 20.6. The maximum atomic E-state index is 12.1. The molecule has 2 aromatic carbocycles. The van der Waals surface area contributed by atoms with E-state index in [-0.39, 0.29) is 0 Å². The minimum Gasteiger partial charge on any atom is -0.380 e. The third-order valence-electron chi connectivity index (χ3n) is 6.88. The van der Waals surface area contributed by atoms with Crippen molar-refractivity contribution in [2.24, 2.45) is 5.73 Å². The summed E-state index contributed by atoms with van der Waals surface area (Å²) in [7, 11) is 0. The number of benzene rings is 2. The maximum Gasteiger partial charge on any atom is 0.254 e. The van der Waals surface area contributed by atoms with Crippen LogP contribution < -0.4 is 16.4 Å². The minimum atomic E-state index is -0.459. The Hall–Kier alpha value is -4.21. The SMILES string of the molecule is Cc1cc2c(C(N)=O)cccc2n1-c1nc(NCc2ccccc2)c2ccc(CNC3CCOC3)n2n1. The molecule has 37 heavy (non-hydrogen) atoms. The summed E-state index contributed by atoms with van der Waals surface area (Å²) in [6.07, 6.45) is 1.00. The molecule has 9 heteroatoms. The molecular formula is C28H29N7O2. The van der Waals surface area contributed by atoms with Crippen molar-refractivity contribution < 1.29 is 9.53 Å². The second-order valence-corrected chi connectivity index (χ2v) is 9.39. The molecule has 0 spiro atoms. The van der Waals surface area contributed by atoms with Crippen LogP contribution in [0.4, 0.5) is 5.82 Å². The smallest absolute Gasteiger partial charge is 0.254 e. The number of amides is 1. The summed E-state index contributed by atoms with van der Waals surface area (Å²) < 4.78 is 9.43. The van der Waals surface area contributed by atoms with Gasteiger partial charge in [0, 0.05) is 42.4 Å². The van der Waals surface area contributed by atoms with Gasteiger partial charge in [0.25, 0.3) is 5.95 Å². The van der Waals surface area contributed by atoms with E-state index in [1.807, 2.05) is 58.5 Å². The number of aryl methyl sites for hydroxylation is 1. The molecule has 6 rings (SSSR count). The highest BCUT2D eigenvalue weighted by atomic mass is 16.5. The van der Waals surface area contributed by atoms with Gasteiger partial charge in [-0.1, -0.05) is 36.4 Å². The van der Waals surface area contributed by atoms with E-state index in [0.717, 1.165) is 58.8 Å². The van der Waals surface area contributed by atoms with Gasteiger partial charge >= 0.3 is 0 Å². The van der Waals surface area contributed by atoms with Crippen molar-refractivity contribution in [1.82, 2.24) is 24.5 Å². The number of hydrogen-bond acceptors (Lipinski definition) is 6. The molecule has 4 heterocycles. The Bertz CT molecular complexity index is 1580. The van der Waals surface area contributed by atoms with Gasteiger partial charge in [0.2, 0.25) is 5.91 Å². The first-order valence-electron chi connectivity index (χ1n) is 12.5. The molecule has 9 nitrogen and oxygen atoms in total. The summed E-state index contributed by atoms with van der Waals surface area (Å²) in [6, 6.07) is 22.2. The van der Waals surface area contributed by atoms with Crippen LogP contribution >= 0.6 is 0 Å². The fourth-order valence-corrected chi connectivity index (χ4v) is 4.97. The highest BCUT2D eigenvalue weighted by molar-refractivity contribution is 6.06. The topological polar surface area (TPSA) is 112 Å². The Balaban J connectivity index is 1.46. The van der Waals surface area contributed by atoms with Crippen molar-refractivity contribution in [1.29, 1.82) is 0 Å². The number of anilines is 1. The van der Waals surface area contributed by atoms with Gasteiger partial charge in [-0.15, -0.1) is 5.10 Å². The van der Waals surface area contributed by atoms with Crippen LogP contribution in [0.2, 0.25) is 0 Å². The maximum absolute atomic E-state index is 12.1. The van der Waals surface area contributed by atoms with E-state index >= 15 is 0 Å². The second-order valence-electron chi connectivity index (χ2n) is 9.39. The third-order valence-corrected chi connectivity index (χ3v) is 6.88. The lowest BCUT2D eigenvalue weighted by Gasteiger charge is -2.14. The van der Waals surface area contributed by atoms with Crippen LogP contribution in [0, 0.1) is 6.92 Å². The molecule has 4 N–H and O–H groups in total. The molecule has 0 bridgehead atoms. The van der Waals surface area contributed by atoms with Crippen molar-refractivity contribution in [2.45, 2.75) is 32.5 Å². The van der Waals surface area contributed by atoms with Gasteiger partial charge in [-0.25, -0.2) is 4.52 Å². The van der Waals surface area contributed by atoms with Crippen LogP contribution in [-0.4, -0.2) is 44.3 Å². The molecule has 0 radical (unpaired) electrons. The number of carbonyl (C=O) groups excluding carboxylic acids is 1. The molecule has 1 unspecified atom stereocenters. The Morgan fingerprint density at radius 3 is 2.73 bits per heavy atom. The predicted octanol–water partition coefficient (Wildman–Crippen LogP) is 3.57. The molecule has 1 aliphatic heterocycles. The minimum absolute atomic E-state index is 0.338. The predicted molar refractivity (Wildman–Crippen MR) is 143 cm³/mol. The molecule has 1 saturated heterocycles. The summed E-state index contributed by atoms with van der Waals surface area (Å²) in [5, 5.41) is 12.8. The van der Waals surface area contributed by atoms with Crippen LogP contribution in [0.3, 0.4) is 0 Å². The monoisotopic (exact) mass is 495 g/mol. The van der Waals surface area contributed by atoms with Gasteiger partial charge in [0.05, 0.1) is 17.8 Å². The van der Waals surface area contributed by atoms with E-state index in [1.54, 1.807) is 6.07 Å². The lowest BCUT2D eigenvalue weighted by atomic mass is 10.1. The van der Waals surface area contributed by atoms with E-state index in [0.29, 0.717) is 30.6 Å². The number of aromatic nitrogens is 4. The standard InChI is InChI=1S/C28H29N7O2/c1-18-14-23-22(26(29)36)8-5-9-24(23)34(18)28-32-27(31-15-19-6-3-2-4-7-19)25-11-10-21(35(25)33-28)16-30-20-12-13-37-17-20/h2-11,14,20,30H,12-13,15-17H2,1H3,(H2,29,36)(H,31,32,33). The van der Waals surface area contributed by atoms with Crippen molar-refractivity contribution in [2.75, 3.05) is 18.5 Å². The first-order chi connectivity index (χ1) is 18.1. The highest BCUT2D eigenvalue weighted by Crippen LogP contribution is 2.27. The number of carbonyl (C=O) groups is 1. The molecule has 0 saturated carbocycles. The van der Waals surface area contributed by atoms with E-state index in [9.17, 15) is 4.79 Å². The average Bonchev–Trinajstić information content (AvgIpc) is 3.64. The van der Waals surface area contributed by atoms with Crippen molar-refractivity contribution in [3.63, 3.8) is 0 Å². The van der Waals surface area contributed by atoms with Crippen molar-refractivity contribution >= 4 is 28.1 Å². The van der Waals surface area contributed by atoms with Crippen LogP contribution in [-0.2, 0) is 17.8 Å². The van der Waals surface area contributed by atoms with Crippen molar-refractivity contribution in [3.8, 4) is 5.95 Å². The average molecular weight is 496 g/mol. The van der Waals surface area contributed by atoms with E-state index in [2.05, 4.69) is 28.8 Å². The second kappa shape index (κ2) is 9.68. The van der Waals surface area contributed by atoms with Gasteiger partial charge in [-0.2, -0.15) is 4.98 Å². The van der Waals surface area contributed by atoms with Crippen LogP contribution in [0.25, 0.3) is 22.4 Å². The number of nitrogens with one attached hydrogen (secondary N) is 2. The normalized spacial score (nSPS) is 15.5. The number of rotatable bonds is 8. The quantitative estimate of drug-likeness (QED) is 0.304. The summed E-state index contributed by atoms with van der Waals surface area (Å²) in [4.78, 5) is 17.0. The molecule has 1 aliphatic rings. The fraction of sp³-hybridized carbons (Fsp3) is 0.250. The number of nitrogens with zero attached hydrogens (tertiary/aromatic N) is 4. The first-order valence-corrected chi connectivity index (χ1v) is 12.5. The van der Waals surface area contributed by atoms with Crippen LogP contribution in [0.15, 0.2) is 66.7 Å². The lowest BCUT2D eigenvalue weighted by molar-refractivity contribution is 0.100. The molecule has 0 aliphatic carbocycles. The van der Waals surface area contributed by atoms with Gasteiger partial charge in [0.15, 0.2) is 5.82 Å². The fourth-order valence-electron chi connectivity index (χ4n) is 4.97. The van der Waals surface area contributed by atoms with Gasteiger partial charge in [0.1, 0.15) is 5.52 Å². The van der Waals surface area contributed by atoms with Gasteiger partial charge in [-0.05, 0) is 49.2 Å². The number of ether oxygens (including phenoxy) is 1. The first kappa shape index (κ1) is 23.2. The third kappa shape index (κ3) is 4.43. The molecule has 1 amide bonds. The Morgan fingerprint density at radius 1 is 1.08 bits per heavy atom. The Morgan fingerprint density at radius 2 is 1.95 bits per heavy atom. The number of primary amides is 1. The summed E-state index contributed by atoms with van der Waals surface area (Å²) in [6.45, 7) is 4.79. The van der Waals surface area contributed by atoms with Crippen molar-refractivity contribution in [3.05, 3.63) is 89.2 Å². The van der Waals surface area contributed by atoms with Gasteiger partial charge in [-0.3, -0.25) is 9.36 Å². The number of fused-ring (bicyclic) bond motifs is 2. The Labute approximate surface area is 214 Å². The largest absolute Gasteiger partial charge is 0.380 e. The lowest BCUT2D eigenvalue weighted by Crippen LogP contribution is -2.29. The zero-order chi connectivity index (χ0) is 25.4. The van der Waals surface area contributed by atoms with Gasteiger partial charge < -0.3 is 21.1 Å². The summed E-state index contributed by atoms with van der Waals surface area (Å²) in [5.74, 6) is 0.787. The van der Waals surface area contributed by atoms with E-state index < -0.39 is 5.91 Å². The molecule has 1 atom stereocenters. The number of nitrogens with two attached hydrogens (primary N) is 1. The molecule has 188 valence electrons. The van der Waals surface area contributed by atoms with E-state index in [1.165, 1.54) is 0 Å². The molecular weight excluding hydrogens is 466 g/mol. The van der Waals surface area contributed by atoms with Crippen LogP contribution in [0.1, 0.15) is 33.7 Å². The molecule has 3 aromatic heterocycles. The summed E-state index contributed by atoms with van der Waals surface area (Å²) in [5.41, 5.74) is 11.0. The molecule has 5 aromatic rings. The van der Waals surface area contributed by atoms with Crippen LogP contribution in [0.5, 0.6) is 0 Å². The highest BCUT2D eigenvalue weighted by Gasteiger charge is 2.19. The van der Waals surface area contributed by atoms with E-state index in [4.69, 9.17) is 20.6 Å². The Kier molecular flexibility index (Phi) is 6.07. The molecule has 1 fully saturated rings. The number of hydrogen-bond donors (Lipinski definition) is 3. The summed E-state index contributed by atoms with van der Waals surface area (Å²) >= 11 is 0. The zero-order valence-electron chi connectivity index (χ0n) is 20.6.